The van der Waals surface area contributed by atoms with Crippen LogP contribution >= 0.6 is 0 Å². The van der Waals surface area contributed by atoms with Crippen LogP contribution in [0.5, 0.6) is 17.4 Å². The van der Waals surface area contributed by atoms with Gasteiger partial charge in [0.2, 0.25) is 23.6 Å². The number of aromatic nitrogens is 8. The van der Waals surface area contributed by atoms with Crippen LogP contribution in [0.2, 0.25) is 0 Å². The summed E-state index contributed by atoms with van der Waals surface area (Å²) in [5, 5.41) is 44.7. The van der Waals surface area contributed by atoms with E-state index < -0.39 is 41.9 Å². The van der Waals surface area contributed by atoms with Crippen LogP contribution in [0.1, 0.15) is 97.2 Å². The number of methoxy groups -OCH3 is 1. The number of rotatable bonds is 32. The van der Waals surface area contributed by atoms with Gasteiger partial charge in [-0.1, -0.05) is 44.2 Å². The monoisotopic (exact) mass is 1230 g/mol. The third-order valence-corrected chi connectivity index (χ3v) is 15.4. The van der Waals surface area contributed by atoms with Gasteiger partial charge in [0, 0.05) is 67.7 Å². The molecule has 1 saturated heterocycles. The second-order valence-electron chi connectivity index (χ2n) is 23.9. The molecule has 2 aromatic carbocycles. The van der Waals surface area contributed by atoms with Crippen molar-refractivity contribution in [2.24, 2.45) is 23.2 Å². The molecule has 0 bridgehead atoms. The molecule has 3 fully saturated rings. The average molecular weight is 1230 g/mol. The number of aryl methyl sites for hydroxylation is 2. The number of anilines is 1. The first-order valence-corrected chi connectivity index (χ1v) is 29.8. The lowest BCUT2D eigenvalue weighted by Crippen LogP contribution is -2.56. The first kappa shape index (κ1) is 64.4. The van der Waals surface area contributed by atoms with Gasteiger partial charge in [0.25, 0.3) is 17.7 Å². The Morgan fingerprint density at radius 3 is 2.30 bits per heavy atom. The number of hydrogen-bond acceptors (Lipinski definition) is 18. The summed E-state index contributed by atoms with van der Waals surface area (Å²) in [6.07, 6.45) is 8.10. The zero-order valence-corrected chi connectivity index (χ0v) is 50.9. The molecule has 0 spiro atoms. The van der Waals surface area contributed by atoms with Crippen LogP contribution in [0, 0.1) is 37.0 Å². The van der Waals surface area contributed by atoms with Gasteiger partial charge in [0.05, 0.1) is 56.5 Å². The van der Waals surface area contributed by atoms with Gasteiger partial charge in [-0.05, 0) is 118 Å². The number of ether oxygens (including phenoxy) is 5. The lowest BCUT2D eigenvalue weighted by Gasteiger charge is -2.38. The number of amides is 6. The first-order chi connectivity index (χ1) is 42.7. The van der Waals surface area contributed by atoms with E-state index in [0.717, 1.165) is 48.2 Å². The van der Waals surface area contributed by atoms with Crippen molar-refractivity contribution >= 4 is 47.1 Å². The Morgan fingerprint density at radius 2 is 1.62 bits per heavy atom. The molecule has 1 unspecified atom stereocenters. The molecule has 89 heavy (non-hydrogen) atoms. The van der Waals surface area contributed by atoms with E-state index in [1.807, 2.05) is 58.9 Å². The van der Waals surface area contributed by atoms with E-state index in [4.69, 9.17) is 23.7 Å². The van der Waals surface area contributed by atoms with Crippen LogP contribution in [-0.2, 0) is 57.9 Å². The van der Waals surface area contributed by atoms with Crippen molar-refractivity contribution in [3.05, 3.63) is 114 Å². The minimum absolute atomic E-state index is 0.0135. The maximum Gasteiger partial charge on any atom is 0.328 e. The fourth-order valence-electron chi connectivity index (χ4n) is 10.4. The van der Waals surface area contributed by atoms with Gasteiger partial charge in [-0.15, -0.1) is 5.10 Å². The van der Waals surface area contributed by atoms with Gasteiger partial charge in [0.15, 0.2) is 6.61 Å². The fraction of sp³-hybridized carbons (Fsp3) is 0.484. The highest BCUT2D eigenvalue weighted by atomic mass is 16.5. The van der Waals surface area contributed by atoms with Crippen molar-refractivity contribution in [2.75, 3.05) is 58.4 Å². The third-order valence-electron chi connectivity index (χ3n) is 15.4. The van der Waals surface area contributed by atoms with Crippen molar-refractivity contribution in [1.29, 1.82) is 0 Å². The Morgan fingerprint density at radius 1 is 0.865 bits per heavy atom. The van der Waals surface area contributed by atoms with Crippen LogP contribution in [-0.4, -0.2) is 169 Å². The smallest absolute Gasteiger partial charge is 0.328 e. The van der Waals surface area contributed by atoms with Crippen LogP contribution in [0.25, 0.3) is 11.1 Å². The summed E-state index contributed by atoms with van der Waals surface area (Å²) in [6, 6.07) is 17.2. The molecule has 9 rings (SSSR count). The van der Waals surface area contributed by atoms with E-state index in [-0.39, 0.29) is 105 Å². The number of benzene rings is 2. The summed E-state index contributed by atoms with van der Waals surface area (Å²) in [5.74, 6) is -1.23. The summed E-state index contributed by atoms with van der Waals surface area (Å²) >= 11 is 0. The standard InChI is InChI=1S/C62H78N14O13/c1-37-55(38(2)71-70-37)39-14-17-43(18-15-39)67-60(83)57(56(40-10-11-40)41-12-13-41)69-59(82)50-21-23-66-76(50)30-45(77)28-64-51(78)33-75-29-44(72-73-75)34-86-36-54(80)74-31-48(32-74)87-25-24-63-52(79)35-88-46-8-7-9-47(26-46)89-53-19-16-42(27-65-53)58(81)68-49(61(84)85-6)20-22-62(3,4)5/h7-9,14-19,21,23,26-27,29,40-41,45,48-49,56-57,77H,10-13,20,22,24-25,28,30-36H2,1-6H3,(H,63,79)(H,64,78)(H,67,83)(H,68,81)(H,69,82)(H,70,71)/t45?,49-,57-/m0/s1. The van der Waals surface area contributed by atoms with Gasteiger partial charge in [-0.3, -0.25) is 38.5 Å². The van der Waals surface area contributed by atoms with Gasteiger partial charge in [-0.25, -0.2) is 14.5 Å². The number of aliphatic hydroxyl groups is 1. The molecule has 7 N–H and O–H groups in total. The minimum Gasteiger partial charge on any atom is -0.484 e. The molecule has 5 heterocycles. The number of pyridine rings is 1. The van der Waals surface area contributed by atoms with Crippen molar-refractivity contribution < 1.29 is 62.4 Å². The van der Waals surface area contributed by atoms with Crippen LogP contribution < -0.4 is 36.1 Å². The summed E-state index contributed by atoms with van der Waals surface area (Å²) in [7, 11) is 1.28. The molecule has 3 atom stereocenters. The topological polar surface area (TPSA) is 339 Å². The minimum atomic E-state index is -1.12. The third kappa shape index (κ3) is 18.7. The van der Waals surface area contributed by atoms with E-state index in [9.17, 15) is 38.7 Å². The number of nitrogens with one attached hydrogen (secondary N) is 6. The SMILES string of the molecule is COC(=O)[C@H](CCC(C)(C)C)NC(=O)c1ccc(Oc2cccc(OCC(=O)NCCOC3CN(C(=O)COCc4cn(CC(=O)NCC(O)Cn5nccc5C(=O)N[C@H](C(=O)Nc5ccc(-c6c(C)n[nH]c6C)cc5)C(C5CC5)C5CC5)nn4)C3)c2)nc1. The van der Waals surface area contributed by atoms with Crippen LogP contribution in [0.3, 0.4) is 0 Å². The Balaban J connectivity index is 0.618. The zero-order chi connectivity index (χ0) is 63.2. The van der Waals surface area contributed by atoms with Crippen LogP contribution in [0.4, 0.5) is 5.69 Å². The Bertz CT molecular complexity index is 3390. The molecule has 1 aliphatic heterocycles. The number of aromatic amines is 1. The van der Waals surface area contributed by atoms with Gasteiger partial charge < -0.3 is 60.3 Å². The maximum absolute atomic E-state index is 14.1. The van der Waals surface area contributed by atoms with Crippen LogP contribution in [0.15, 0.2) is 85.3 Å². The molecule has 0 radical (unpaired) electrons. The molecular formula is C62H78N14O13. The first-order valence-electron chi connectivity index (χ1n) is 29.8. The number of esters is 1. The largest absolute Gasteiger partial charge is 0.484 e. The van der Waals surface area contributed by atoms with E-state index in [0.29, 0.717) is 60.6 Å². The van der Waals surface area contributed by atoms with Crippen molar-refractivity contribution in [3.8, 4) is 28.5 Å². The molecule has 2 saturated carbocycles. The second-order valence-corrected chi connectivity index (χ2v) is 23.9. The Kier molecular flexibility index (Phi) is 21.5. The summed E-state index contributed by atoms with van der Waals surface area (Å²) in [6.45, 7) is 10.2. The highest BCUT2D eigenvalue weighted by Crippen LogP contribution is 2.51. The van der Waals surface area contributed by atoms with E-state index in [1.54, 1.807) is 29.2 Å². The molecule has 27 nitrogen and oxygen atoms in total. The number of aliphatic hydroxyl groups excluding tert-OH is 1. The molecule has 6 aromatic rings. The van der Waals surface area contributed by atoms with E-state index in [2.05, 4.69) is 57.2 Å². The molecule has 4 aromatic heterocycles. The highest BCUT2D eigenvalue weighted by molar-refractivity contribution is 6.01. The van der Waals surface area contributed by atoms with E-state index in [1.165, 1.54) is 53.3 Å². The summed E-state index contributed by atoms with van der Waals surface area (Å²) in [4.78, 5) is 97.2. The predicted molar refractivity (Wildman–Crippen MR) is 321 cm³/mol. The highest BCUT2D eigenvalue weighted by Gasteiger charge is 2.48. The fourth-order valence-corrected chi connectivity index (χ4v) is 10.4. The van der Waals surface area contributed by atoms with Crippen molar-refractivity contribution in [2.45, 2.75) is 117 Å². The molecule has 3 aliphatic rings. The zero-order valence-electron chi connectivity index (χ0n) is 50.9. The number of likely N-dealkylation sites (tertiary alicyclic amines) is 1. The quantitative estimate of drug-likeness (QED) is 0.0231. The predicted octanol–water partition coefficient (Wildman–Crippen LogP) is 4.06. The van der Waals surface area contributed by atoms with Gasteiger partial charge in [-0.2, -0.15) is 10.2 Å². The average Bonchev–Trinajstić information content (AvgIpc) is 2.15. The lowest BCUT2D eigenvalue weighted by atomic mass is 9.88. The Labute approximate surface area is 514 Å². The van der Waals surface area contributed by atoms with Gasteiger partial charge >= 0.3 is 5.97 Å². The number of nitrogens with zero attached hydrogens (tertiary/aromatic N) is 8. The second kappa shape index (κ2) is 29.7. The van der Waals surface area contributed by atoms with Crippen molar-refractivity contribution in [3.63, 3.8) is 0 Å². The number of hydrogen-bond donors (Lipinski definition) is 7. The summed E-state index contributed by atoms with van der Waals surface area (Å²) in [5.41, 5.74) is 5.17. The Hall–Kier alpha value is -9.08. The molecule has 6 amide bonds. The van der Waals surface area contributed by atoms with E-state index >= 15 is 0 Å². The lowest BCUT2D eigenvalue weighted by molar-refractivity contribution is -0.150. The summed E-state index contributed by atoms with van der Waals surface area (Å²) < 4.78 is 30.4. The normalized spacial score (nSPS) is 15.1. The molecule has 27 heteroatoms. The molecule has 474 valence electrons. The molecule has 2 aliphatic carbocycles. The van der Waals surface area contributed by atoms with Crippen molar-refractivity contribution in [1.82, 2.24) is 66.1 Å². The number of carbonyl (C=O) groups is 7. The number of carbonyl (C=O) groups excluding carboxylic acids is 7. The molecular weight excluding hydrogens is 1150 g/mol. The van der Waals surface area contributed by atoms with Gasteiger partial charge in [0.1, 0.15) is 48.1 Å². The number of H-pyrrole nitrogens is 1. The maximum atomic E-state index is 14.1.